The Bertz CT molecular complexity index is 1450. The fourth-order valence-electron chi connectivity index (χ4n) is 4.49. The standard InChI is InChI=1S/C24H24ClN5O2/c1-15-12-28(19-7-5-4-6-16(19)2)23-26-21-20(29(23)13-15)22(31)30(24(32)27(21)3)14-17-8-10-18(25)11-9-17/h4-11,15H,12-14H2,1-3H3/t15-/m0/s1. The molecule has 2 aromatic carbocycles. The molecule has 0 amide bonds. The van der Waals surface area contributed by atoms with Gasteiger partial charge in [-0.25, -0.2) is 4.79 Å². The van der Waals surface area contributed by atoms with Crippen LogP contribution in [-0.4, -0.2) is 25.2 Å². The van der Waals surface area contributed by atoms with E-state index in [9.17, 15) is 9.59 Å². The summed E-state index contributed by atoms with van der Waals surface area (Å²) in [6.45, 7) is 5.87. The minimum Gasteiger partial charge on any atom is -0.311 e. The van der Waals surface area contributed by atoms with Gasteiger partial charge >= 0.3 is 5.69 Å². The van der Waals surface area contributed by atoms with Gasteiger partial charge in [0.15, 0.2) is 11.2 Å². The van der Waals surface area contributed by atoms with Gasteiger partial charge < -0.3 is 9.47 Å². The topological polar surface area (TPSA) is 65.1 Å². The van der Waals surface area contributed by atoms with Crippen molar-refractivity contribution in [2.24, 2.45) is 13.0 Å². The first kappa shape index (κ1) is 20.6. The van der Waals surface area contributed by atoms with Gasteiger partial charge in [-0.2, -0.15) is 4.98 Å². The Morgan fingerprint density at radius 1 is 1.06 bits per heavy atom. The molecule has 7 nitrogen and oxygen atoms in total. The van der Waals surface area contributed by atoms with Crippen molar-refractivity contribution in [3.05, 3.63) is 85.5 Å². The Labute approximate surface area is 190 Å². The van der Waals surface area contributed by atoms with E-state index in [1.165, 1.54) is 9.13 Å². The quantitative estimate of drug-likeness (QED) is 0.478. The lowest BCUT2D eigenvalue weighted by Crippen LogP contribution is -2.40. The molecule has 2 aromatic heterocycles. The predicted octanol–water partition coefficient (Wildman–Crippen LogP) is 3.69. The van der Waals surface area contributed by atoms with Crippen LogP contribution in [-0.2, 0) is 20.1 Å². The van der Waals surface area contributed by atoms with Gasteiger partial charge in [0.1, 0.15) is 0 Å². The summed E-state index contributed by atoms with van der Waals surface area (Å²) in [7, 11) is 1.67. The number of hydrogen-bond donors (Lipinski definition) is 0. The third-order valence-electron chi connectivity index (χ3n) is 6.10. The minimum atomic E-state index is -0.386. The lowest BCUT2D eigenvalue weighted by molar-refractivity contribution is 0.457. The lowest BCUT2D eigenvalue weighted by atomic mass is 10.1. The molecule has 0 bridgehead atoms. The van der Waals surface area contributed by atoms with Crippen LogP contribution in [0, 0.1) is 12.8 Å². The van der Waals surface area contributed by atoms with Gasteiger partial charge in [-0.15, -0.1) is 0 Å². The maximum Gasteiger partial charge on any atom is 0.332 e. The number of halogens is 1. The Morgan fingerprint density at radius 3 is 2.50 bits per heavy atom. The number of imidazole rings is 1. The predicted molar refractivity (Wildman–Crippen MR) is 127 cm³/mol. The highest BCUT2D eigenvalue weighted by molar-refractivity contribution is 6.30. The lowest BCUT2D eigenvalue weighted by Gasteiger charge is -2.33. The summed E-state index contributed by atoms with van der Waals surface area (Å²) in [5.41, 5.74) is 3.19. The average molecular weight is 450 g/mol. The zero-order valence-corrected chi connectivity index (χ0v) is 19.0. The maximum absolute atomic E-state index is 13.6. The molecule has 1 aliphatic rings. The van der Waals surface area contributed by atoms with Crippen LogP contribution in [0.25, 0.3) is 11.2 Å². The molecule has 1 atom stereocenters. The highest BCUT2D eigenvalue weighted by Crippen LogP contribution is 2.34. The zero-order chi connectivity index (χ0) is 22.6. The normalized spacial score (nSPS) is 15.9. The van der Waals surface area contributed by atoms with Crippen LogP contribution < -0.4 is 16.1 Å². The van der Waals surface area contributed by atoms with Crippen LogP contribution >= 0.6 is 11.6 Å². The molecule has 0 fully saturated rings. The van der Waals surface area contributed by atoms with Crippen LogP contribution in [0.15, 0.2) is 58.1 Å². The second-order valence-corrected chi connectivity index (χ2v) is 8.99. The van der Waals surface area contributed by atoms with E-state index >= 15 is 0 Å². The van der Waals surface area contributed by atoms with Crippen LogP contribution in [0.1, 0.15) is 18.1 Å². The van der Waals surface area contributed by atoms with E-state index in [1.54, 1.807) is 19.2 Å². The molecule has 5 rings (SSSR count). The molecule has 1 aliphatic heterocycles. The number of anilines is 2. The van der Waals surface area contributed by atoms with Gasteiger partial charge in [-0.05, 0) is 42.2 Å². The highest BCUT2D eigenvalue weighted by Gasteiger charge is 2.30. The molecule has 0 saturated heterocycles. The van der Waals surface area contributed by atoms with Gasteiger partial charge in [0, 0.05) is 30.8 Å². The Morgan fingerprint density at radius 2 is 1.78 bits per heavy atom. The molecule has 164 valence electrons. The summed E-state index contributed by atoms with van der Waals surface area (Å²) in [5, 5.41) is 0.611. The van der Waals surface area contributed by atoms with Gasteiger partial charge in [0.05, 0.1) is 6.54 Å². The van der Waals surface area contributed by atoms with Crippen LogP contribution in [0.5, 0.6) is 0 Å². The summed E-state index contributed by atoms with van der Waals surface area (Å²) in [6.07, 6.45) is 0. The van der Waals surface area contributed by atoms with E-state index < -0.39 is 0 Å². The maximum atomic E-state index is 13.6. The molecule has 8 heteroatoms. The van der Waals surface area contributed by atoms with Gasteiger partial charge in [0.2, 0.25) is 5.95 Å². The first-order valence-corrected chi connectivity index (χ1v) is 11.0. The second-order valence-electron chi connectivity index (χ2n) is 8.56. The first-order valence-electron chi connectivity index (χ1n) is 10.6. The van der Waals surface area contributed by atoms with E-state index in [2.05, 4.69) is 30.9 Å². The molecule has 0 aliphatic carbocycles. The molecular weight excluding hydrogens is 426 g/mol. The summed E-state index contributed by atoms with van der Waals surface area (Å²) in [5.74, 6) is 1.00. The van der Waals surface area contributed by atoms with Crippen LogP contribution in [0.2, 0.25) is 5.02 Å². The minimum absolute atomic E-state index is 0.177. The number of nitrogens with zero attached hydrogens (tertiary/aromatic N) is 5. The number of para-hydroxylation sites is 1. The molecule has 32 heavy (non-hydrogen) atoms. The molecule has 0 radical (unpaired) electrons. The Balaban J connectivity index is 1.73. The number of aryl methyl sites for hydroxylation is 2. The summed E-state index contributed by atoms with van der Waals surface area (Å²) in [6, 6.07) is 15.3. The number of aromatic nitrogens is 4. The van der Waals surface area contributed by atoms with E-state index in [0.717, 1.165) is 23.4 Å². The Hall–Kier alpha value is -3.32. The van der Waals surface area contributed by atoms with Crippen LogP contribution in [0.3, 0.4) is 0 Å². The zero-order valence-electron chi connectivity index (χ0n) is 18.2. The van der Waals surface area contributed by atoms with E-state index in [0.29, 0.717) is 34.6 Å². The molecule has 0 saturated carbocycles. The third kappa shape index (κ3) is 3.24. The molecule has 0 unspecified atom stereocenters. The number of benzene rings is 2. The second kappa shape index (κ2) is 7.67. The average Bonchev–Trinajstić information content (AvgIpc) is 3.16. The smallest absolute Gasteiger partial charge is 0.311 e. The number of fused-ring (bicyclic) bond motifs is 3. The van der Waals surface area contributed by atoms with Crippen molar-refractivity contribution >= 4 is 34.4 Å². The van der Waals surface area contributed by atoms with Crippen molar-refractivity contribution in [1.82, 2.24) is 18.7 Å². The molecule has 0 N–H and O–H groups in total. The summed E-state index contributed by atoms with van der Waals surface area (Å²) < 4.78 is 4.71. The Kier molecular flexibility index (Phi) is 4.93. The fourth-order valence-corrected chi connectivity index (χ4v) is 4.61. The third-order valence-corrected chi connectivity index (χ3v) is 6.35. The van der Waals surface area contributed by atoms with Crippen molar-refractivity contribution in [1.29, 1.82) is 0 Å². The van der Waals surface area contributed by atoms with Gasteiger partial charge in [-0.1, -0.05) is 48.9 Å². The van der Waals surface area contributed by atoms with Crippen molar-refractivity contribution in [3.8, 4) is 0 Å². The van der Waals surface area contributed by atoms with Crippen molar-refractivity contribution in [2.75, 3.05) is 11.4 Å². The summed E-state index contributed by atoms with van der Waals surface area (Å²) in [4.78, 5) is 33.6. The molecular formula is C24H24ClN5O2. The SMILES string of the molecule is Cc1ccccc1N1C[C@H](C)Cn2c1nc1c2c(=O)n(Cc2ccc(Cl)cc2)c(=O)n1C. The molecule has 0 spiro atoms. The van der Waals surface area contributed by atoms with Crippen molar-refractivity contribution in [3.63, 3.8) is 0 Å². The van der Waals surface area contributed by atoms with Gasteiger partial charge in [0.25, 0.3) is 5.56 Å². The monoisotopic (exact) mass is 449 g/mol. The molecule has 3 heterocycles. The van der Waals surface area contributed by atoms with E-state index in [-0.39, 0.29) is 17.8 Å². The van der Waals surface area contributed by atoms with Crippen molar-refractivity contribution < 1.29 is 0 Å². The van der Waals surface area contributed by atoms with Gasteiger partial charge in [-0.3, -0.25) is 13.9 Å². The first-order chi connectivity index (χ1) is 15.3. The van der Waals surface area contributed by atoms with E-state index in [4.69, 9.17) is 16.6 Å². The van der Waals surface area contributed by atoms with E-state index in [1.807, 2.05) is 28.8 Å². The molecule has 4 aromatic rings. The van der Waals surface area contributed by atoms with Crippen molar-refractivity contribution in [2.45, 2.75) is 26.9 Å². The van der Waals surface area contributed by atoms with Crippen LogP contribution in [0.4, 0.5) is 11.6 Å². The number of hydrogen-bond acceptors (Lipinski definition) is 4. The summed E-state index contributed by atoms with van der Waals surface area (Å²) >= 11 is 5.98. The largest absolute Gasteiger partial charge is 0.332 e. The fraction of sp³-hybridized carbons (Fsp3) is 0.292. The highest BCUT2D eigenvalue weighted by atomic mass is 35.5. The number of rotatable bonds is 3.